The summed E-state index contributed by atoms with van der Waals surface area (Å²) in [5.74, 6) is -0.329. The summed E-state index contributed by atoms with van der Waals surface area (Å²) in [4.78, 5) is 14.0. The van der Waals surface area contributed by atoms with Crippen LogP contribution in [0.5, 0.6) is 0 Å². The summed E-state index contributed by atoms with van der Waals surface area (Å²) in [5, 5.41) is 13.8. The molecule has 0 radical (unpaired) electrons. The van der Waals surface area contributed by atoms with Crippen molar-refractivity contribution in [2.45, 2.75) is 12.2 Å². The van der Waals surface area contributed by atoms with Crippen LogP contribution in [0.25, 0.3) is 0 Å². The van der Waals surface area contributed by atoms with Crippen LogP contribution in [0.2, 0.25) is 0 Å². The maximum Gasteiger partial charge on any atom is 0.416 e. The number of aromatic nitrogens is 2. The Kier molecular flexibility index (Phi) is 5.07. The summed E-state index contributed by atoms with van der Waals surface area (Å²) < 4.78 is 45.0. The molecule has 7 nitrogen and oxygen atoms in total. The van der Waals surface area contributed by atoms with Gasteiger partial charge in [0.1, 0.15) is 0 Å². The Hall–Kier alpha value is -2.62. The zero-order valence-corrected chi connectivity index (χ0v) is 12.9. The summed E-state index contributed by atoms with van der Waals surface area (Å²) in [6.45, 7) is 0.0175. The van der Waals surface area contributed by atoms with Gasteiger partial charge in [0.15, 0.2) is 0 Å². The Morgan fingerprint density at radius 1 is 1.46 bits per heavy atom. The van der Waals surface area contributed by atoms with E-state index in [4.69, 9.17) is 4.74 Å². The first kappa shape index (κ1) is 17.7. The van der Waals surface area contributed by atoms with Gasteiger partial charge in [-0.1, -0.05) is 12.1 Å². The highest BCUT2D eigenvalue weighted by Gasteiger charge is 2.31. The molecule has 10 heteroatoms. The molecule has 1 aromatic carbocycles. The number of nitrogens with one attached hydrogen (secondary N) is 1. The van der Waals surface area contributed by atoms with Gasteiger partial charge in [0.05, 0.1) is 18.2 Å². The molecular formula is C14H15F3N4O3. The van der Waals surface area contributed by atoms with E-state index in [0.717, 1.165) is 12.1 Å². The molecule has 130 valence electrons. The molecule has 0 aliphatic heterocycles. The number of nitrogens with zero attached hydrogens (tertiary/aromatic N) is 3. The van der Waals surface area contributed by atoms with Crippen molar-refractivity contribution < 1.29 is 22.8 Å². The van der Waals surface area contributed by atoms with Gasteiger partial charge in [-0.2, -0.15) is 13.2 Å². The first-order valence-electron chi connectivity index (χ1n) is 6.82. The molecule has 0 saturated carbocycles. The van der Waals surface area contributed by atoms with E-state index < -0.39 is 28.5 Å². The van der Waals surface area contributed by atoms with Gasteiger partial charge in [-0.15, -0.1) is 0 Å². The molecule has 0 aliphatic rings. The molecular weight excluding hydrogens is 329 g/mol. The number of hydrogen-bond donors (Lipinski definition) is 1. The summed E-state index contributed by atoms with van der Waals surface area (Å²) in [6.07, 6.45) is -3.23. The molecule has 1 heterocycles. The van der Waals surface area contributed by atoms with E-state index >= 15 is 0 Å². The normalized spacial score (nSPS) is 12.9. The molecule has 0 amide bonds. The number of anilines is 1. The minimum Gasteiger partial charge on any atom is -0.382 e. The average Bonchev–Trinajstić information content (AvgIpc) is 2.87. The first-order chi connectivity index (χ1) is 11.2. The lowest BCUT2D eigenvalue weighted by molar-refractivity contribution is -0.388. The monoisotopic (exact) mass is 344 g/mol. The summed E-state index contributed by atoms with van der Waals surface area (Å²) in [5.41, 5.74) is -0.510. The van der Waals surface area contributed by atoms with Gasteiger partial charge in [-0.05, 0) is 27.6 Å². The van der Waals surface area contributed by atoms with Crippen molar-refractivity contribution in [1.29, 1.82) is 0 Å². The molecule has 2 aromatic rings. The summed E-state index contributed by atoms with van der Waals surface area (Å²) in [7, 11) is 2.93. The Bertz CT molecular complexity index is 730. The van der Waals surface area contributed by atoms with E-state index in [2.05, 4.69) is 10.3 Å². The van der Waals surface area contributed by atoms with E-state index in [-0.39, 0.29) is 12.4 Å². The fraction of sp³-hybridized carbons (Fsp3) is 0.357. The largest absolute Gasteiger partial charge is 0.416 e. The van der Waals surface area contributed by atoms with Crippen LogP contribution in [0.1, 0.15) is 17.2 Å². The maximum absolute atomic E-state index is 12.9. The van der Waals surface area contributed by atoms with Crippen molar-refractivity contribution in [3.05, 3.63) is 51.8 Å². The number of halogens is 3. The van der Waals surface area contributed by atoms with Crippen molar-refractivity contribution in [2.24, 2.45) is 7.05 Å². The third-order valence-electron chi connectivity index (χ3n) is 3.35. The lowest BCUT2D eigenvalue weighted by Gasteiger charge is -2.20. The molecule has 0 spiro atoms. The number of aryl methyl sites for hydroxylation is 1. The first-order valence-corrected chi connectivity index (χ1v) is 6.82. The van der Waals surface area contributed by atoms with Crippen LogP contribution in [0.15, 0.2) is 30.6 Å². The quantitative estimate of drug-likeness (QED) is 0.643. The number of methoxy groups -OCH3 is 1. The van der Waals surface area contributed by atoms with Crippen LogP contribution in [0.4, 0.5) is 24.8 Å². The number of alkyl halides is 3. The van der Waals surface area contributed by atoms with E-state index in [0.29, 0.717) is 5.56 Å². The third-order valence-corrected chi connectivity index (χ3v) is 3.35. The Balaban J connectivity index is 2.38. The van der Waals surface area contributed by atoms with Crippen molar-refractivity contribution >= 4 is 11.6 Å². The summed E-state index contributed by atoms with van der Waals surface area (Å²) >= 11 is 0. The van der Waals surface area contributed by atoms with Gasteiger partial charge in [0.25, 0.3) is 0 Å². The van der Waals surface area contributed by atoms with E-state index in [9.17, 15) is 23.3 Å². The second-order valence-electron chi connectivity index (χ2n) is 5.06. The van der Waals surface area contributed by atoms with Crippen molar-refractivity contribution in [2.75, 3.05) is 19.0 Å². The number of rotatable bonds is 6. The highest BCUT2D eigenvalue weighted by atomic mass is 19.4. The number of nitro groups is 1. The Labute approximate surface area is 135 Å². The number of imidazole rings is 1. The lowest BCUT2D eigenvalue weighted by Crippen LogP contribution is -2.19. The molecule has 1 aromatic heterocycles. The zero-order chi connectivity index (χ0) is 17.9. The number of ether oxygens (including phenoxy) is 1. The molecule has 0 fully saturated rings. The molecule has 2 rings (SSSR count). The van der Waals surface area contributed by atoms with Gasteiger partial charge in [-0.3, -0.25) is 4.57 Å². The molecule has 0 aliphatic carbocycles. The summed E-state index contributed by atoms with van der Waals surface area (Å²) in [6, 6.07) is 4.00. The molecule has 1 atom stereocenters. The van der Waals surface area contributed by atoms with Crippen LogP contribution < -0.4 is 5.32 Å². The van der Waals surface area contributed by atoms with Crippen LogP contribution in [0, 0.1) is 10.1 Å². The van der Waals surface area contributed by atoms with Crippen molar-refractivity contribution in [3.8, 4) is 0 Å². The van der Waals surface area contributed by atoms with Gasteiger partial charge in [-0.25, -0.2) is 0 Å². The average molecular weight is 344 g/mol. The Morgan fingerprint density at radius 3 is 2.75 bits per heavy atom. The second kappa shape index (κ2) is 6.87. The van der Waals surface area contributed by atoms with Gasteiger partial charge >= 0.3 is 12.0 Å². The molecule has 1 N–H and O–H groups in total. The molecule has 0 bridgehead atoms. The predicted molar refractivity (Wildman–Crippen MR) is 79.5 cm³/mol. The van der Waals surface area contributed by atoms with Gasteiger partial charge in [0.2, 0.25) is 12.1 Å². The second-order valence-corrected chi connectivity index (χ2v) is 5.06. The van der Waals surface area contributed by atoms with Crippen molar-refractivity contribution in [1.82, 2.24) is 9.55 Å². The van der Waals surface area contributed by atoms with Crippen LogP contribution in [0.3, 0.4) is 0 Å². The zero-order valence-electron chi connectivity index (χ0n) is 12.9. The molecule has 1 unspecified atom stereocenters. The third kappa shape index (κ3) is 3.82. The lowest BCUT2D eigenvalue weighted by atomic mass is 10.0. The van der Waals surface area contributed by atoms with E-state index in [1.54, 1.807) is 7.05 Å². The topological polar surface area (TPSA) is 82.2 Å². The standard InChI is InChI=1S/C14H15F3N4O3/c1-20-8-18-12(21(22)23)13(20)19-11(7-24-2)9-4-3-5-10(6-9)14(15,16)17/h3-6,8,11,19H,7H2,1-2H3. The minimum atomic E-state index is -4.48. The van der Waals surface area contributed by atoms with Crippen LogP contribution in [-0.4, -0.2) is 28.2 Å². The molecule has 24 heavy (non-hydrogen) atoms. The highest BCUT2D eigenvalue weighted by molar-refractivity contribution is 5.53. The predicted octanol–water partition coefficient (Wildman–Crippen LogP) is 3.15. The minimum absolute atomic E-state index is 0.0175. The van der Waals surface area contributed by atoms with Crippen LogP contribution >= 0.6 is 0 Å². The van der Waals surface area contributed by atoms with Gasteiger partial charge in [0, 0.05) is 14.2 Å². The number of benzene rings is 1. The fourth-order valence-corrected chi connectivity index (χ4v) is 2.20. The SMILES string of the molecule is COCC(Nc1c([N+](=O)[O-])ncn1C)c1cccc(C(F)(F)F)c1. The number of hydrogen-bond acceptors (Lipinski definition) is 5. The fourth-order valence-electron chi connectivity index (χ4n) is 2.20. The highest BCUT2D eigenvalue weighted by Crippen LogP contribution is 2.32. The van der Waals surface area contributed by atoms with Gasteiger partial charge < -0.3 is 20.2 Å². The van der Waals surface area contributed by atoms with Crippen molar-refractivity contribution in [3.63, 3.8) is 0 Å². The maximum atomic E-state index is 12.9. The van der Waals surface area contributed by atoms with E-state index in [1.807, 2.05) is 0 Å². The molecule has 0 saturated heterocycles. The van der Waals surface area contributed by atoms with E-state index in [1.165, 1.54) is 30.1 Å². The Morgan fingerprint density at radius 2 is 2.17 bits per heavy atom. The smallest absolute Gasteiger partial charge is 0.382 e. The van der Waals surface area contributed by atoms with Crippen LogP contribution in [-0.2, 0) is 18.0 Å².